The molecular weight excluding hydrogens is 937 g/mol. The maximum atomic E-state index is 15.2. The molecule has 0 bridgehead atoms. The molecule has 7 aromatic carbocycles. The van der Waals surface area contributed by atoms with Gasteiger partial charge in [0.25, 0.3) is 0 Å². The molecule has 0 saturated carbocycles. The van der Waals surface area contributed by atoms with Crippen LogP contribution in [-0.4, -0.2) is 48.8 Å². The number of nitrogens with zero attached hydrogens (tertiary/aromatic N) is 3. The van der Waals surface area contributed by atoms with Crippen LogP contribution in [0.25, 0.3) is 78.1 Å². The third-order valence-corrected chi connectivity index (χ3v) is 13.5. The van der Waals surface area contributed by atoms with Crippen molar-refractivity contribution >= 4 is 53.3 Å². The van der Waals surface area contributed by atoms with Crippen LogP contribution in [0.15, 0.2) is 121 Å². The first kappa shape index (κ1) is 46.3. The van der Waals surface area contributed by atoms with E-state index in [9.17, 15) is 8.78 Å². The van der Waals surface area contributed by atoms with E-state index in [4.69, 9.17) is 0 Å². The monoisotopic (exact) mass is 975 g/mol. The minimum Gasteiger partial charge on any atom is -0.385 e. The second-order valence-electron chi connectivity index (χ2n) is 17.2. The Morgan fingerprint density at radius 1 is 0.529 bits per heavy atom. The van der Waals surface area contributed by atoms with Gasteiger partial charge in [-0.1, -0.05) is 78.9 Å². The molecule has 0 fully saturated rings. The first-order chi connectivity index (χ1) is 33.3. The molecule has 3 heterocycles. The van der Waals surface area contributed by atoms with Crippen LogP contribution in [0.1, 0.15) is 40.6 Å². The Hall–Kier alpha value is -7.45. The summed E-state index contributed by atoms with van der Waals surface area (Å²) in [6.45, 7) is 6.03. The highest BCUT2D eigenvalue weighted by atomic mass is 31.0. The summed E-state index contributed by atoms with van der Waals surface area (Å²) in [4.78, 5) is 22.7. The average molecular weight is 976 g/mol. The quantitative estimate of drug-likeness (QED) is 0.0623. The van der Waals surface area contributed by atoms with E-state index in [1.807, 2.05) is 44.2 Å². The molecular formula is C53H39F9N7P. The number of anilines is 1. The third-order valence-electron chi connectivity index (χ3n) is 12.8. The maximum Gasteiger partial charge on any atom is 0.411 e. The Morgan fingerprint density at radius 2 is 1.00 bits per heavy atom. The van der Waals surface area contributed by atoms with E-state index in [-0.39, 0.29) is 28.9 Å². The Bertz CT molecular complexity index is 3600. The Kier molecular flexibility index (Phi) is 11.4. The zero-order valence-electron chi connectivity index (χ0n) is 37.3. The standard InChI is InChI=1S/C53H39F9N7P/c1-4-63-39-22-30(8-5-26(39)2)32-12-19-37-41(24-32)68-49(66-37)29-9-16-35(17-10-29)51(52(57,58)59,53(60,61)62)34-14-6-28(7-15-34)21-43-64-36-18-11-31(23-40(36)65-43)33-13-20-38-42(25-33)69-50(67-38)44-46(55)45(54)27(3)48(70)47(44)56/h5-20,22-25,63H,4,21,70H2,1-3H3,(H,64,65)(H,66,68)(H,67,69). The molecule has 0 aliphatic heterocycles. The molecule has 4 N–H and O–H groups in total. The van der Waals surface area contributed by atoms with Crippen molar-refractivity contribution in [3.63, 3.8) is 0 Å². The number of aryl methyl sites for hydroxylation is 1. The van der Waals surface area contributed by atoms with E-state index in [0.29, 0.717) is 61.2 Å². The SMILES string of the molecule is CCNc1cc(-c2ccc3nc(-c4ccc(C(c5ccc(Cc6nc7ccc(-c8ccc9nc(-c%10c(F)c(F)c(C)c(P)c%10F)[nH]c9c8)cc7[nH]6)cc5)(C(F)(F)F)C(F)(F)F)cc4)[nH]c3c2)ccc1C. The van der Waals surface area contributed by atoms with E-state index in [1.165, 1.54) is 31.2 Å². The molecule has 10 aromatic rings. The molecule has 0 spiro atoms. The summed E-state index contributed by atoms with van der Waals surface area (Å²) in [6.07, 6.45) is -11.5. The molecule has 70 heavy (non-hydrogen) atoms. The van der Waals surface area contributed by atoms with Crippen molar-refractivity contribution in [2.75, 3.05) is 11.9 Å². The van der Waals surface area contributed by atoms with E-state index < -0.39 is 51.9 Å². The number of aromatic amines is 3. The van der Waals surface area contributed by atoms with Crippen LogP contribution in [0.2, 0.25) is 0 Å². The number of H-pyrrole nitrogens is 3. The summed E-state index contributed by atoms with van der Waals surface area (Å²) >= 11 is 0. The van der Waals surface area contributed by atoms with Crippen molar-refractivity contribution in [3.05, 3.63) is 172 Å². The number of halogens is 9. The highest BCUT2D eigenvalue weighted by Crippen LogP contribution is 2.56. The summed E-state index contributed by atoms with van der Waals surface area (Å²) in [7, 11) is 2.08. The van der Waals surface area contributed by atoms with E-state index in [2.05, 4.69) is 44.5 Å². The first-order valence-electron chi connectivity index (χ1n) is 21.9. The molecule has 1 atom stereocenters. The zero-order chi connectivity index (χ0) is 49.4. The van der Waals surface area contributed by atoms with Gasteiger partial charge in [0.15, 0.2) is 11.6 Å². The molecule has 1 unspecified atom stereocenters. The number of aromatic nitrogens is 6. The van der Waals surface area contributed by atoms with Crippen molar-refractivity contribution in [1.29, 1.82) is 0 Å². The fourth-order valence-electron chi connectivity index (χ4n) is 9.06. The number of nitrogens with one attached hydrogen (secondary N) is 4. The highest BCUT2D eigenvalue weighted by molar-refractivity contribution is 7.27. The van der Waals surface area contributed by atoms with Crippen LogP contribution < -0.4 is 10.6 Å². The molecule has 0 aliphatic rings. The van der Waals surface area contributed by atoms with E-state index in [0.717, 1.165) is 53.2 Å². The van der Waals surface area contributed by atoms with Crippen molar-refractivity contribution < 1.29 is 39.5 Å². The minimum atomic E-state index is -5.79. The smallest absolute Gasteiger partial charge is 0.385 e. The van der Waals surface area contributed by atoms with Gasteiger partial charge in [-0.3, -0.25) is 0 Å². The predicted octanol–water partition coefficient (Wildman–Crippen LogP) is 14.0. The van der Waals surface area contributed by atoms with E-state index in [1.54, 1.807) is 42.5 Å². The van der Waals surface area contributed by atoms with Crippen LogP contribution in [0.4, 0.5) is 45.2 Å². The molecule has 0 amide bonds. The second-order valence-corrected chi connectivity index (χ2v) is 17.7. The molecule has 0 aliphatic carbocycles. The van der Waals surface area contributed by atoms with Gasteiger partial charge in [-0.15, -0.1) is 9.24 Å². The minimum absolute atomic E-state index is 0.0543. The number of rotatable bonds is 10. The Balaban J connectivity index is 0.900. The number of imidazole rings is 3. The lowest BCUT2D eigenvalue weighted by molar-refractivity contribution is -0.288. The zero-order valence-corrected chi connectivity index (χ0v) is 38.4. The van der Waals surface area contributed by atoms with Crippen molar-refractivity contribution in [1.82, 2.24) is 29.9 Å². The lowest BCUT2D eigenvalue weighted by Crippen LogP contribution is -2.54. The topological polar surface area (TPSA) is 98.1 Å². The summed E-state index contributed by atoms with van der Waals surface area (Å²) < 4.78 is 136. The molecule has 0 saturated heterocycles. The molecule has 0 radical (unpaired) electrons. The average Bonchev–Trinajstić information content (AvgIpc) is 4.07. The van der Waals surface area contributed by atoms with Gasteiger partial charge in [-0.2, -0.15) is 26.3 Å². The normalized spacial score (nSPS) is 12.5. The molecule has 354 valence electrons. The third kappa shape index (κ3) is 7.83. The Labute approximate surface area is 395 Å². The fraction of sp³-hybridized carbons (Fsp3) is 0.151. The van der Waals surface area contributed by atoms with Gasteiger partial charge in [0.1, 0.15) is 23.3 Å². The number of alkyl halides is 6. The molecule has 10 rings (SSSR count). The molecule has 3 aromatic heterocycles. The molecule has 17 heteroatoms. The molecule has 7 nitrogen and oxygen atoms in total. The predicted molar refractivity (Wildman–Crippen MR) is 259 cm³/mol. The number of hydrogen-bond donors (Lipinski definition) is 4. The fourth-order valence-corrected chi connectivity index (χ4v) is 9.33. The van der Waals surface area contributed by atoms with Gasteiger partial charge in [0, 0.05) is 29.5 Å². The van der Waals surface area contributed by atoms with Gasteiger partial charge in [0.2, 0.25) is 5.41 Å². The van der Waals surface area contributed by atoms with Crippen LogP contribution >= 0.6 is 9.24 Å². The first-order valence-corrected chi connectivity index (χ1v) is 22.5. The summed E-state index contributed by atoms with van der Waals surface area (Å²) in [5.41, 5.74) is 2.03. The number of fused-ring (bicyclic) bond motifs is 3. The second kappa shape index (κ2) is 17.2. The van der Waals surface area contributed by atoms with E-state index >= 15 is 30.7 Å². The lowest BCUT2D eigenvalue weighted by atomic mass is 9.72. The van der Waals surface area contributed by atoms with Gasteiger partial charge in [-0.05, 0) is 113 Å². The van der Waals surface area contributed by atoms with Crippen LogP contribution in [0.5, 0.6) is 0 Å². The largest absolute Gasteiger partial charge is 0.411 e. The summed E-state index contributed by atoms with van der Waals surface area (Å²) in [6, 6.07) is 30.3. The maximum absolute atomic E-state index is 15.2. The summed E-state index contributed by atoms with van der Waals surface area (Å²) in [5.74, 6) is -3.00. The number of benzene rings is 7. The van der Waals surface area contributed by atoms with Gasteiger partial charge in [-0.25, -0.2) is 28.1 Å². The lowest BCUT2D eigenvalue weighted by Gasteiger charge is -2.38. The van der Waals surface area contributed by atoms with Crippen LogP contribution in [0.3, 0.4) is 0 Å². The highest BCUT2D eigenvalue weighted by Gasteiger charge is 2.72. The van der Waals surface area contributed by atoms with Gasteiger partial charge < -0.3 is 20.3 Å². The van der Waals surface area contributed by atoms with Gasteiger partial charge >= 0.3 is 12.4 Å². The van der Waals surface area contributed by atoms with Crippen LogP contribution in [-0.2, 0) is 11.8 Å². The van der Waals surface area contributed by atoms with Crippen molar-refractivity contribution in [2.24, 2.45) is 0 Å². The van der Waals surface area contributed by atoms with Crippen LogP contribution in [0, 0.1) is 31.3 Å². The van der Waals surface area contributed by atoms with Gasteiger partial charge in [0.05, 0.1) is 38.7 Å². The van der Waals surface area contributed by atoms with Crippen molar-refractivity contribution in [2.45, 2.75) is 45.0 Å². The van der Waals surface area contributed by atoms with Crippen molar-refractivity contribution in [3.8, 4) is 45.0 Å². The Morgan fingerprint density at radius 3 is 1.56 bits per heavy atom. The summed E-state index contributed by atoms with van der Waals surface area (Å²) in [5, 5.41) is 3.22. The number of hydrogen-bond acceptors (Lipinski definition) is 4.